The SMILES string of the molecule is NC(=S)c1ncccc1Nc1cc(C(F)(F)F)ccc1F. The zero-order chi connectivity index (χ0) is 15.6. The summed E-state index contributed by atoms with van der Waals surface area (Å²) in [5, 5.41) is 2.53. The Hall–Kier alpha value is -2.22. The molecule has 0 aliphatic carbocycles. The molecule has 0 bridgehead atoms. The quantitative estimate of drug-likeness (QED) is 0.671. The van der Waals surface area contributed by atoms with Gasteiger partial charge in [-0.25, -0.2) is 4.39 Å². The van der Waals surface area contributed by atoms with Gasteiger partial charge in [-0.05, 0) is 30.3 Å². The lowest BCUT2D eigenvalue weighted by Crippen LogP contribution is -2.14. The summed E-state index contributed by atoms with van der Waals surface area (Å²) in [4.78, 5) is 3.85. The van der Waals surface area contributed by atoms with Crippen molar-refractivity contribution in [3.63, 3.8) is 0 Å². The third kappa shape index (κ3) is 3.46. The van der Waals surface area contributed by atoms with Crippen LogP contribution in [0, 0.1) is 5.82 Å². The summed E-state index contributed by atoms with van der Waals surface area (Å²) in [7, 11) is 0. The van der Waals surface area contributed by atoms with Gasteiger partial charge in [0, 0.05) is 6.20 Å². The van der Waals surface area contributed by atoms with Crippen LogP contribution in [0.2, 0.25) is 0 Å². The van der Waals surface area contributed by atoms with Crippen LogP contribution >= 0.6 is 12.2 Å². The number of thiocarbonyl (C=S) groups is 1. The summed E-state index contributed by atoms with van der Waals surface area (Å²) in [5.41, 5.74) is 4.55. The van der Waals surface area contributed by atoms with Crippen molar-refractivity contribution in [1.29, 1.82) is 0 Å². The number of hydrogen-bond donors (Lipinski definition) is 2. The van der Waals surface area contributed by atoms with Gasteiger partial charge in [0.15, 0.2) is 0 Å². The second-order valence-electron chi connectivity index (χ2n) is 4.08. The lowest BCUT2D eigenvalue weighted by atomic mass is 10.1. The third-order valence-corrected chi connectivity index (χ3v) is 2.80. The van der Waals surface area contributed by atoms with Gasteiger partial charge < -0.3 is 11.1 Å². The van der Waals surface area contributed by atoms with Crippen molar-refractivity contribution in [2.75, 3.05) is 5.32 Å². The van der Waals surface area contributed by atoms with Crippen LogP contribution in [0.15, 0.2) is 36.5 Å². The number of pyridine rings is 1. The van der Waals surface area contributed by atoms with Crippen LogP contribution in [0.5, 0.6) is 0 Å². The smallest absolute Gasteiger partial charge is 0.388 e. The number of hydrogen-bond acceptors (Lipinski definition) is 3. The van der Waals surface area contributed by atoms with Gasteiger partial charge >= 0.3 is 6.18 Å². The molecule has 3 N–H and O–H groups in total. The molecule has 21 heavy (non-hydrogen) atoms. The summed E-state index contributed by atoms with van der Waals surface area (Å²) >= 11 is 4.79. The normalized spacial score (nSPS) is 11.2. The topological polar surface area (TPSA) is 50.9 Å². The molecular formula is C13H9F4N3S. The van der Waals surface area contributed by atoms with Gasteiger partial charge in [0.1, 0.15) is 16.5 Å². The lowest BCUT2D eigenvalue weighted by Gasteiger charge is -2.13. The Bertz CT molecular complexity index is 685. The maximum absolute atomic E-state index is 13.7. The summed E-state index contributed by atoms with van der Waals surface area (Å²) in [6.07, 6.45) is -3.15. The van der Waals surface area contributed by atoms with Crippen LogP contribution in [0.4, 0.5) is 28.9 Å². The summed E-state index contributed by atoms with van der Waals surface area (Å²) in [5.74, 6) is -0.833. The van der Waals surface area contributed by atoms with Gasteiger partial charge in [-0.1, -0.05) is 12.2 Å². The molecule has 0 aliphatic rings. The first-order chi connectivity index (χ1) is 9.79. The highest BCUT2D eigenvalue weighted by Crippen LogP contribution is 2.33. The highest BCUT2D eigenvalue weighted by molar-refractivity contribution is 7.80. The average Bonchev–Trinajstić information content (AvgIpc) is 2.40. The molecule has 0 spiro atoms. The minimum absolute atomic E-state index is 0.0505. The van der Waals surface area contributed by atoms with Crippen LogP contribution < -0.4 is 11.1 Å². The fraction of sp³-hybridized carbons (Fsp3) is 0.0769. The Morgan fingerprint density at radius 3 is 2.52 bits per heavy atom. The standard InChI is InChI=1S/C13H9F4N3S/c14-8-4-3-7(13(15,16)17)6-10(8)20-9-2-1-5-19-11(9)12(18)21/h1-6,20H,(H2,18,21). The Labute approximate surface area is 122 Å². The van der Waals surface area contributed by atoms with E-state index in [0.29, 0.717) is 12.1 Å². The largest absolute Gasteiger partial charge is 0.416 e. The van der Waals surface area contributed by atoms with E-state index in [4.69, 9.17) is 18.0 Å². The van der Waals surface area contributed by atoms with Gasteiger partial charge in [-0.3, -0.25) is 4.98 Å². The monoisotopic (exact) mass is 315 g/mol. The van der Waals surface area contributed by atoms with Crippen LogP contribution in [-0.4, -0.2) is 9.97 Å². The second kappa shape index (κ2) is 5.65. The van der Waals surface area contributed by atoms with Crippen LogP contribution in [-0.2, 0) is 6.18 Å². The van der Waals surface area contributed by atoms with Crippen LogP contribution in [0.3, 0.4) is 0 Å². The zero-order valence-electron chi connectivity index (χ0n) is 10.4. The number of nitrogens with zero attached hydrogens (tertiary/aromatic N) is 1. The minimum atomic E-state index is -4.56. The fourth-order valence-electron chi connectivity index (χ4n) is 1.65. The maximum Gasteiger partial charge on any atom is 0.416 e. The minimum Gasteiger partial charge on any atom is -0.388 e. The molecule has 0 saturated heterocycles. The molecule has 0 fully saturated rings. The Kier molecular flexibility index (Phi) is 4.08. The molecule has 1 aromatic carbocycles. The molecule has 1 heterocycles. The second-order valence-corrected chi connectivity index (χ2v) is 4.52. The molecule has 2 aromatic rings. The average molecular weight is 315 g/mol. The first-order valence-electron chi connectivity index (χ1n) is 5.67. The van der Waals surface area contributed by atoms with E-state index in [1.165, 1.54) is 18.3 Å². The number of aromatic nitrogens is 1. The molecule has 2 rings (SSSR count). The number of nitrogens with two attached hydrogens (primary N) is 1. The van der Waals surface area contributed by atoms with E-state index in [9.17, 15) is 17.6 Å². The predicted octanol–water partition coefficient (Wildman–Crippen LogP) is 3.62. The molecule has 110 valence electrons. The third-order valence-electron chi connectivity index (χ3n) is 2.60. The summed E-state index contributed by atoms with van der Waals surface area (Å²) in [6, 6.07) is 5.09. The molecule has 0 amide bonds. The molecule has 0 saturated carbocycles. The van der Waals surface area contributed by atoms with E-state index in [2.05, 4.69) is 10.3 Å². The van der Waals surface area contributed by atoms with Gasteiger partial charge in [-0.15, -0.1) is 0 Å². The van der Waals surface area contributed by atoms with Crippen molar-refractivity contribution < 1.29 is 17.6 Å². The van der Waals surface area contributed by atoms with Crippen molar-refractivity contribution in [2.45, 2.75) is 6.18 Å². The molecule has 0 atom stereocenters. The number of halogens is 4. The number of nitrogens with one attached hydrogen (secondary N) is 1. The number of rotatable bonds is 3. The summed E-state index contributed by atoms with van der Waals surface area (Å²) in [6.45, 7) is 0. The number of benzene rings is 1. The Balaban J connectivity index is 2.43. The van der Waals surface area contributed by atoms with Gasteiger partial charge in [0.05, 0.1) is 16.9 Å². The fourth-order valence-corrected chi connectivity index (χ4v) is 1.81. The maximum atomic E-state index is 13.7. The highest BCUT2D eigenvalue weighted by atomic mass is 32.1. The van der Waals surface area contributed by atoms with E-state index < -0.39 is 17.6 Å². The van der Waals surface area contributed by atoms with E-state index in [1.54, 1.807) is 0 Å². The van der Waals surface area contributed by atoms with Crippen molar-refractivity contribution in [1.82, 2.24) is 4.98 Å². The molecule has 0 unspecified atom stereocenters. The molecule has 8 heteroatoms. The number of anilines is 2. The number of alkyl halides is 3. The predicted molar refractivity (Wildman–Crippen MR) is 74.8 cm³/mol. The van der Waals surface area contributed by atoms with Crippen molar-refractivity contribution >= 4 is 28.6 Å². The molecule has 0 radical (unpaired) electrons. The van der Waals surface area contributed by atoms with Crippen LogP contribution in [0.1, 0.15) is 11.3 Å². The van der Waals surface area contributed by atoms with Crippen LogP contribution in [0.25, 0.3) is 0 Å². The lowest BCUT2D eigenvalue weighted by molar-refractivity contribution is -0.137. The van der Waals surface area contributed by atoms with Crippen molar-refractivity contribution in [3.05, 3.63) is 53.6 Å². The highest BCUT2D eigenvalue weighted by Gasteiger charge is 2.31. The van der Waals surface area contributed by atoms with Crippen molar-refractivity contribution in [2.24, 2.45) is 5.73 Å². The Morgan fingerprint density at radius 1 is 1.19 bits per heavy atom. The Morgan fingerprint density at radius 2 is 1.90 bits per heavy atom. The first kappa shape index (κ1) is 15.2. The van der Waals surface area contributed by atoms with E-state index in [1.807, 2.05) is 0 Å². The molecular weight excluding hydrogens is 306 g/mol. The van der Waals surface area contributed by atoms with Gasteiger partial charge in [-0.2, -0.15) is 13.2 Å². The molecule has 1 aromatic heterocycles. The van der Waals surface area contributed by atoms with E-state index >= 15 is 0 Å². The van der Waals surface area contributed by atoms with E-state index in [0.717, 1.165) is 6.07 Å². The summed E-state index contributed by atoms with van der Waals surface area (Å²) < 4.78 is 51.6. The van der Waals surface area contributed by atoms with Gasteiger partial charge in [0.25, 0.3) is 0 Å². The molecule has 0 aliphatic heterocycles. The van der Waals surface area contributed by atoms with Gasteiger partial charge in [0.2, 0.25) is 0 Å². The van der Waals surface area contributed by atoms with E-state index in [-0.39, 0.29) is 22.1 Å². The zero-order valence-corrected chi connectivity index (χ0v) is 11.2. The van der Waals surface area contributed by atoms with Crippen molar-refractivity contribution in [3.8, 4) is 0 Å². The first-order valence-corrected chi connectivity index (χ1v) is 6.08. The molecule has 3 nitrogen and oxygen atoms in total.